The van der Waals surface area contributed by atoms with E-state index in [1.165, 1.54) is 0 Å². The molecule has 0 aromatic heterocycles. The molecular formula is C5H8O2Si. The van der Waals surface area contributed by atoms with E-state index < -0.39 is 0 Å². The minimum Gasteiger partial charge on any atom is -0.528 e. The van der Waals surface area contributed by atoms with Gasteiger partial charge in [0.25, 0.3) is 0 Å². The molecule has 0 saturated carbocycles. The van der Waals surface area contributed by atoms with Gasteiger partial charge in [0.15, 0.2) is 0 Å². The van der Waals surface area contributed by atoms with Crippen LogP contribution < -0.4 is 0 Å². The Balaban J connectivity index is 3.35. The van der Waals surface area contributed by atoms with Crippen molar-refractivity contribution in [3.05, 3.63) is 0 Å². The highest BCUT2D eigenvalue weighted by Gasteiger charge is 1.90. The zero-order valence-corrected chi connectivity index (χ0v) is 7.02. The Hall–Kier alpha value is -0.753. The van der Waals surface area contributed by atoms with Gasteiger partial charge in [-0.1, -0.05) is 5.92 Å². The number of carbonyl (C=O) groups is 1. The van der Waals surface area contributed by atoms with Crippen LogP contribution in [0.5, 0.6) is 0 Å². The van der Waals surface area contributed by atoms with Crippen molar-refractivity contribution >= 4 is 16.5 Å². The number of rotatable bonds is 1. The van der Waals surface area contributed by atoms with E-state index >= 15 is 0 Å². The Kier molecular flexibility index (Phi) is 3.99. The quantitative estimate of drug-likeness (QED) is 0.342. The second kappa shape index (κ2) is 4.41. The summed E-state index contributed by atoms with van der Waals surface area (Å²) >= 11 is 0. The molecule has 0 aromatic carbocycles. The van der Waals surface area contributed by atoms with Crippen molar-refractivity contribution in [2.45, 2.75) is 13.3 Å². The van der Waals surface area contributed by atoms with Gasteiger partial charge in [0, 0.05) is 0 Å². The molecule has 0 aliphatic rings. The van der Waals surface area contributed by atoms with Crippen LogP contribution in [0.1, 0.15) is 13.3 Å². The van der Waals surface area contributed by atoms with Crippen molar-refractivity contribution in [2.75, 3.05) is 0 Å². The largest absolute Gasteiger partial charge is 0.528 e. The van der Waals surface area contributed by atoms with Gasteiger partial charge in [0.1, 0.15) is 6.42 Å². The third-order valence-corrected chi connectivity index (χ3v) is 1.09. The molecule has 0 aliphatic carbocycles. The highest BCUT2D eigenvalue weighted by Crippen LogP contribution is 1.77. The average molecular weight is 128 g/mol. The van der Waals surface area contributed by atoms with E-state index in [0.29, 0.717) is 10.5 Å². The van der Waals surface area contributed by atoms with Gasteiger partial charge in [-0.2, -0.15) is 0 Å². The zero-order chi connectivity index (χ0) is 6.41. The highest BCUT2D eigenvalue weighted by molar-refractivity contribution is 6.05. The van der Waals surface area contributed by atoms with E-state index in [2.05, 4.69) is 16.3 Å². The van der Waals surface area contributed by atoms with Gasteiger partial charge in [0.2, 0.25) is 10.5 Å². The molecule has 0 atom stereocenters. The smallest absolute Gasteiger partial charge is 0.303 e. The zero-order valence-electron chi connectivity index (χ0n) is 5.02. The van der Waals surface area contributed by atoms with Crippen LogP contribution in [-0.2, 0) is 9.22 Å². The van der Waals surface area contributed by atoms with Gasteiger partial charge in [-0.3, -0.25) is 4.79 Å². The van der Waals surface area contributed by atoms with Crippen LogP contribution >= 0.6 is 0 Å². The minimum atomic E-state index is -0.217. The molecule has 0 rings (SSSR count). The Labute approximate surface area is 51.8 Å². The second-order valence-electron chi connectivity index (χ2n) is 1.18. The molecule has 0 radical (unpaired) electrons. The van der Waals surface area contributed by atoms with Gasteiger partial charge in [-0.05, 0) is 6.92 Å². The lowest BCUT2D eigenvalue weighted by molar-refractivity contribution is -0.132. The van der Waals surface area contributed by atoms with Crippen LogP contribution in [-0.4, -0.2) is 16.5 Å². The molecule has 0 aliphatic heterocycles. The van der Waals surface area contributed by atoms with Gasteiger partial charge in [-0.15, -0.1) is 5.92 Å². The first-order valence-corrected chi connectivity index (χ1v) is 3.09. The van der Waals surface area contributed by atoms with Crippen molar-refractivity contribution in [1.29, 1.82) is 0 Å². The molecule has 0 aromatic rings. The molecule has 0 amide bonds. The van der Waals surface area contributed by atoms with Crippen LogP contribution in [0.15, 0.2) is 0 Å². The Morgan fingerprint density at radius 2 is 2.50 bits per heavy atom. The molecule has 0 N–H and O–H groups in total. The van der Waals surface area contributed by atoms with Crippen molar-refractivity contribution in [3.63, 3.8) is 0 Å². The fourth-order valence-corrected chi connectivity index (χ4v) is 0.377. The maximum Gasteiger partial charge on any atom is 0.303 e. The van der Waals surface area contributed by atoms with Crippen LogP contribution in [0.3, 0.4) is 0 Å². The maximum absolute atomic E-state index is 10.3. The predicted octanol–water partition coefficient (Wildman–Crippen LogP) is -0.777. The topological polar surface area (TPSA) is 26.3 Å². The van der Waals surface area contributed by atoms with E-state index in [0.717, 1.165) is 0 Å². The lowest BCUT2D eigenvalue weighted by Crippen LogP contribution is -1.98. The summed E-state index contributed by atoms with van der Waals surface area (Å²) in [4.78, 5) is 10.3. The summed E-state index contributed by atoms with van der Waals surface area (Å²) in [6.45, 7) is 1.69. The van der Waals surface area contributed by atoms with E-state index in [-0.39, 0.29) is 12.4 Å². The monoisotopic (exact) mass is 128 g/mol. The highest BCUT2D eigenvalue weighted by atomic mass is 28.2. The standard InChI is InChI=1S/C5H8O2Si/c1-2-3-4-5(6)7-8/h4H2,1,8H3. The van der Waals surface area contributed by atoms with Crippen molar-refractivity contribution in [2.24, 2.45) is 0 Å². The summed E-state index contributed by atoms with van der Waals surface area (Å²) in [5, 5.41) is 0. The van der Waals surface area contributed by atoms with Gasteiger partial charge in [-0.25, -0.2) is 0 Å². The van der Waals surface area contributed by atoms with Gasteiger partial charge < -0.3 is 4.43 Å². The molecule has 3 heteroatoms. The molecular weight excluding hydrogens is 120 g/mol. The lowest BCUT2D eigenvalue weighted by atomic mass is 10.4. The number of hydrogen-bond acceptors (Lipinski definition) is 2. The fraction of sp³-hybridized carbons (Fsp3) is 0.400. The van der Waals surface area contributed by atoms with E-state index in [1.54, 1.807) is 6.92 Å². The first kappa shape index (κ1) is 7.25. The lowest BCUT2D eigenvalue weighted by Gasteiger charge is -1.89. The van der Waals surface area contributed by atoms with Crippen LogP contribution in [0.25, 0.3) is 0 Å². The first-order chi connectivity index (χ1) is 3.81. The van der Waals surface area contributed by atoms with E-state index in [1.807, 2.05) is 0 Å². The Morgan fingerprint density at radius 1 is 1.88 bits per heavy atom. The summed E-state index contributed by atoms with van der Waals surface area (Å²) in [5.74, 6) is 4.98. The normalized spacial score (nSPS) is 7.12. The molecule has 0 fully saturated rings. The molecule has 0 saturated heterocycles. The number of carbonyl (C=O) groups excluding carboxylic acids is 1. The molecule has 8 heavy (non-hydrogen) atoms. The Bertz CT molecular complexity index is 131. The second-order valence-corrected chi connectivity index (χ2v) is 1.59. The summed E-state index contributed by atoms with van der Waals surface area (Å²) in [5.41, 5.74) is 0. The molecule has 0 heterocycles. The fourth-order valence-electron chi connectivity index (χ4n) is 0.233. The molecule has 0 bridgehead atoms. The predicted molar refractivity (Wildman–Crippen MR) is 34.1 cm³/mol. The van der Waals surface area contributed by atoms with Crippen LogP contribution in [0.4, 0.5) is 0 Å². The average Bonchev–Trinajstić information content (AvgIpc) is 1.83. The summed E-state index contributed by atoms with van der Waals surface area (Å²) in [7, 11) is 0.472. The van der Waals surface area contributed by atoms with Crippen LogP contribution in [0, 0.1) is 11.8 Å². The summed E-state index contributed by atoms with van der Waals surface area (Å²) < 4.78 is 4.45. The number of hydrogen-bond donors (Lipinski definition) is 0. The van der Waals surface area contributed by atoms with E-state index in [4.69, 9.17) is 0 Å². The summed E-state index contributed by atoms with van der Waals surface area (Å²) in [6.07, 6.45) is 0.236. The molecule has 44 valence electrons. The third-order valence-electron chi connectivity index (χ3n) is 0.637. The SMILES string of the molecule is CC#CCC(=O)O[SiH3]. The molecule has 0 spiro atoms. The van der Waals surface area contributed by atoms with Crippen molar-refractivity contribution < 1.29 is 9.22 Å². The Morgan fingerprint density at radius 3 is 2.88 bits per heavy atom. The first-order valence-electron chi connectivity index (χ1n) is 2.27. The maximum atomic E-state index is 10.3. The summed E-state index contributed by atoms with van der Waals surface area (Å²) in [6, 6.07) is 0. The van der Waals surface area contributed by atoms with Gasteiger partial charge >= 0.3 is 5.97 Å². The van der Waals surface area contributed by atoms with E-state index in [9.17, 15) is 4.79 Å². The third kappa shape index (κ3) is 3.44. The van der Waals surface area contributed by atoms with Crippen molar-refractivity contribution in [3.8, 4) is 11.8 Å². The molecule has 2 nitrogen and oxygen atoms in total. The van der Waals surface area contributed by atoms with Gasteiger partial charge in [0.05, 0.1) is 0 Å². The van der Waals surface area contributed by atoms with Crippen molar-refractivity contribution in [1.82, 2.24) is 0 Å². The molecule has 0 unspecified atom stereocenters. The minimum absolute atomic E-state index is 0.217. The van der Waals surface area contributed by atoms with Crippen LogP contribution in [0.2, 0.25) is 0 Å².